The molecular formula is C26H26F2N4O3S. The van der Waals surface area contributed by atoms with Crippen LogP contribution in [0.5, 0.6) is 5.75 Å². The number of halogens is 2. The van der Waals surface area contributed by atoms with Crippen molar-refractivity contribution in [3.63, 3.8) is 0 Å². The van der Waals surface area contributed by atoms with E-state index in [9.17, 15) is 8.78 Å². The van der Waals surface area contributed by atoms with Gasteiger partial charge in [0.2, 0.25) is 0 Å². The molecule has 0 atom stereocenters. The van der Waals surface area contributed by atoms with Gasteiger partial charge in [-0.1, -0.05) is 30.3 Å². The van der Waals surface area contributed by atoms with Gasteiger partial charge >= 0.3 is 6.61 Å². The molecule has 3 heterocycles. The molecule has 188 valence electrons. The first-order valence-corrected chi connectivity index (χ1v) is 12.4. The normalized spacial score (nSPS) is 14.6. The number of fused-ring (bicyclic) bond motifs is 1. The Bertz CT molecular complexity index is 1310. The quantitative estimate of drug-likeness (QED) is 0.285. The molecule has 0 unspecified atom stereocenters. The molecule has 0 aliphatic carbocycles. The minimum absolute atomic E-state index is 0.145. The van der Waals surface area contributed by atoms with E-state index in [1.165, 1.54) is 0 Å². The monoisotopic (exact) mass is 512 g/mol. The molecule has 0 spiro atoms. The Hall–Kier alpha value is -3.05. The number of rotatable bonds is 9. The van der Waals surface area contributed by atoms with Crippen molar-refractivity contribution in [3.05, 3.63) is 72.2 Å². The van der Waals surface area contributed by atoms with E-state index in [1.54, 1.807) is 43.3 Å². The number of hydrogen-bond donors (Lipinski definition) is 0. The molecule has 0 bridgehead atoms. The average molecular weight is 513 g/mol. The van der Waals surface area contributed by atoms with E-state index < -0.39 is 6.61 Å². The molecule has 2 aromatic carbocycles. The third-order valence-corrected chi connectivity index (χ3v) is 6.93. The highest BCUT2D eigenvalue weighted by Crippen LogP contribution is 2.29. The van der Waals surface area contributed by atoms with Gasteiger partial charge in [0.15, 0.2) is 0 Å². The van der Waals surface area contributed by atoms with Crippen LogP contribution in [0.15, 0.2) is 65.8 Å². The standard InChI is InChI=1S/C26H26F2N4O3S/c1-33-17-24-30-21-8-6-18(19-7-9-25(29-15-19)36-31-10-12-34-13-11-31)14-22(21)32(24)16-20-4-2-3-5-23(20)35-26(27)28/h2-9,14-15,26H,10-13,16-17H2,1H3. The van der Waals surface area contributed by atoms with E-state index in [1.807, 2.05) is 35.0 Å². The third-order valence-electron chi connectivity index (χ3n) is 5.88. The van der Waals surface area contributed by atoms with Crippen molar-refractivity contribution >= 4 is 23.0 Å². The van der Waals surface area contributed by atoms with Gasteiger partial charge in [0.25, 0.3) is 0 Å². The van der Waals surface area contributed by atoms with Crippen molar-refractivity contribution in [3.8, 4) is 16.9 Å². The maximum absolute atomic E-state index is 13.0. The van der Waals surface area contributed by atoms with E-state index >= 15 is 0 Å². The van der Waals surface area contributed by atoms with Crippen LogP contribution in [0.4, 0.5) is 8.78 Å². The highest BCUT2D eigenvalue weighted by Gasteiger charge is 2.16. The van der Waals surface area contributed by atoms with Gasteiger partial charge in [-0.3, -0.25) is 0 Å². The molecule has 2 aromatic heterocycles. The van der Waals surface area contributed by atoms with Gasteiger partial charge in [-0.15, -0.1) is 0 Å². The fourth-order valence-corrected chi connectivity index (χ4v) is 4.98. The van der Waals surface area contributed by atoms with Crippen LogP contribution in [0, 0.1) is 0 Å². The Morgan fingerprint density at radius 1 is 1.06 bits per heavy atom. The van der Waals surface area contributed by atoms with E-state index in [0.29, 0.717) is 17.9 Å². The van der Waals surface area contributed by atoms with E-state index in [2.05, 4.69) is 15.4 Å². The maximum Gasteiger partial charge on any atom is 0.387 e. The lowest BCUT2D eigenvalue weighted by molar-refractivity contribution is -0.0504. The average Bonchev–Trinajstić information content (AvgIpc) is 3.22. The number of aromatic nitrogens is 3. The van der Waals surface area contributed by atoms with Crippen molar-refractivity contribution in [1.29, 1.82) is 0 Å². The largest absolute Gasteiger partial charge is 0.434 e. The molecule has 0 N–H and O–H groups in total. The lowest BCUT2D eigenvalue weighted by Gasteiger charge is -2.24. The molecule has 1 aliphatic rings. The van der Waals surface area contributed by atoms with Gasteiger partial charge in [-0.25, -0.2) is 14.3 Å². The van der Waals surface area contributed by atoms with Gasteiger partial charge in [0.05, 0.1) is 30.8 Å². The summed E-state index contributed by atoms with van der Waals surface area (Å²) in [7, 11) is 1.60. The summed E-state index contributed by atoms with van der Waals surface area (Å²) in [6.45, 7) is 0.943. The second-order valence-electron chi connectivity index (χ2n) is 8.25. The minimum Gasteiger partial charge on any atom is -0.434 e. The van der Waals surface area contributed by atoms with Crippen LogP contribution in [0.2, 0.25) is 0 Å². The molecule has 1 fully saturated rings. The predicted molar refractivity (Wildman–Crippen MR) is 134 cm³/mol. The molecule has 7 nitrogen and oxygen atoms in total. The van der Waals surface area contributed by atoms with Crippen LogP contribution >= 0.6 is 11.9 Å². The SMILES string of the molecule is COCc1nc2ccc(-c3ccc(SN4CCOCC4)nc3)cc2n1Cc1ccccc1OC(F)F. The zero-order valence-corrected chi connectivity index (χ0v) is 20.6. The van der Waals surface area contributed by atoms with Gasteiger partial charge in [-0.05, 0) is 41.8 Å². The van der Waals surface area contributed by atoms with Crippen LogP contribution in [-0.4, -0.2) is 58.9 Å². The maximum atomic E-state index is 13.0. The molecular weight excluding hydrogens is 486 g/mol. The summed E-state index contributed by atoms with van der Waals surface area (Å²) in [4.78, 5) is 9.36. The van der Waals surface area contributed by atoms with E-state index in [0.717, 1.165) is 53.5 Å². The first-order chi connectivity index (χ1) is 17.6. The highest BCUT2D eigenvalue weighted by atomic mass is 32.2. The molecule has 0 radical (unpaired) electrons. The second-order valence-corrected chi connectivity index (χ2v) is 9.37. The molecule has 0 saturated carbocycles. The topological polar surface area (TPSA) is 61.6 Å². The van der Waals surface area contributed by atoms with Gasteiger partial charge in [-0.2, -0.15) is 8.78 Å². The fourth-order valence-electron chi connectivity index (χ4n) is 4.16. The molecule has 1 aliphatic heterocycles. The van der Waals surface area contributed by atoms with E-state index in [4.69, 9.17) is 19.2 Å². The molecule has 4 aromatic rings. The molecule has 36 heavy (non-hydrogen) atoms. The zero-order chi connectivity index (χ0) is 24.9. The third kappa shape index (κ3) is 5.67. The van der Waals surface area contributed by atoms with Gasteiger partial charge in [0.1, 0.15) is 23.2 Å². The number of nitrogens with zero attached hydrogens (tertiary/aromatic N) is 4. The Kier molecular flexibility index (Phi) is 7.76. The number of hydrogen-bond acceptors (Lipinski definition) is 7. The summed E-state index contributed by atoms with van der Waals surface area (Å²) in [5, 5.41) is 0.935. The highest BCUT2D eigenvalue weighted by molar-refractivity contribution is 7.97. The summed E-state index contributed by atoms with van der Waals surface area (Å²) in [6, 6.07) is 16.9. The summed E-state index contributed by atoms with van der Waals surface area (Å²) in [5.74, 6) is 0.846. The zero-order valence-electron chi connectivity index (χ0n) is 19.8. The van der Waals surface area contributed by atoms with Crippen LogP contribution in [0.25, 0.3) is 22.2 Å². The Labute approximate surface area is 212 Å². The van der Waals surface area contributed by atoms with Gasteiger partial charge < -0.3 is 18.8 Å². The summed E-state index contributed by atoms with van der Waals surface area (Å²) < 4.78 is 45.7. The summed E-state index contributed by atoms with van der Waals surface area (Å²) in [6.07, 6.45) is 1.87. The van der Waals surface area contributed by atoms with Crippen molar-refractivity contribution < 1.29 is 23.0 Å². The van der Waals surface area contributed by atoms with Crippen LogP contribution in [0.1, 0.15) is 11.4 Å². The van der Waals surface area contributed by atoms with Crippen molar-refractivity contribution in [2.75, 3.05) is 33.4 Å². The first kappa shape index (κ1) is 24.6. The Morgan fingerprint density at radius 2 is 1.86 bits per heavy atom. The number of imidazole rings is 1. The first-order valence-electron chi connectivity index (χ1n) is 11.6. The molecule has 1 saturated heterocycles. The van der Waals surface area contributed by atoms with Crippen molar-refractivity contribution in [2.24, 2.45) is 0 Å². The van der Waals surface area contributed by atoms with Crippen molar-refractivity contribution in [2.45, 2.75) is 24.8 Å². The molecule has 10 heteroatoms. The van der Waals surface area contributed by atoms with Crippen LogP contribution in [-0.2, 0) is 22.6 Å². The van der Waals surface area contributed by atoms with Crippen LogP contribution in [0.3, 0.4) is 0 Å². The molecule has 0 amide bonds. The summed E-state index contributed by atoms with van der Waals surface area (Å²) >= 11 is 1.64. The number of pyridine rings is 1. The van der Waals surface area contributed by atoms with Crippen LogP contribution < -0.4 is 4.74 Å². The lowest BCUT2D eigenvalue weighted by atomic mass is 10.1. The number of benzene rings is 2. The molecule has 5 rings (SSSR count). The van der Waals surface area contributed by atoms with Crippen molar-refractivity contribution in [1.82, 2.24) is 18.8 Å². The Balaban J connectivity index is 1.45. The smallest absolute Gasteiger partial charge is 0.387 e. The number of para-hydroxylation sites is 1. The Morgan fingerprint density at radius 3 is 2.61 bits per heavy atom. The number of ether oxygens (including phenoxy) is 3. The van der Waals surface area contributed by atoms with E-state index in [-0.39, 0.29) is 12.4 Å². The summed E-state index contributed by atoms with van der Waals surface area (Å²) in [5.41, 5.74) is 4.26. The lowest BCUT2D eigenvalue weighted by Crippen LogP contribution is -2.30. The number of methoxy groups -OCH3 is 1. The number of morpholine rings is 1. The second kappa shape index (κ2) is 11.3. The predicted octanol–water partition coefficient (Wildman–Crippen LogP) is 5.23. The fraction of sp³-hybridized carbons (Fsp3) is 0.308. The minimum atomic E-state index is -2.90. The van der Waals surface area contributed by atoms with Gasteiger partial charge in [0, 0.05) is 37.5 Å². The number of alkyl halides is 2.